The fourth-order valence-electron chi connectivity index (χ4n) is 2.47. The minimum absolute atomic E-state index is 0.185. The van der Waals surface area contributed by atoms with Gasteiger partial charge in [0.05, 0.1) is 26.9 Å². The summed E-state index contributed by atoms with van der Waals surface area (Å²) < 4.78 is 22.2. The Morgan fingerprint density at radius 2 is 1.65 bits per heavy atom. The van der Waals surface area contributed by atoms with E-state index in [2.05, 4.69) is 27.6 Å². The maximum Gasteiger partial charge on any atom is 0.363 e. The Hall–Kier alpha value is -2.55. The number of cyclic esters (lactones) is 1. The molecule has 0 saturated carbocycles. The van der Waals surface area contributed by atoms with Crippen molar-refractivity contribution in [2.24, 2.45) is 4.99 Å². The molecule has 0 aromatic heterocycles. The number of carbonyl (C=O) groups excluding carboxylic acids is 1. The summed E-state index contributed by atoms with van der Waals surface area (Å²) in [5.41, 5.74) is 1.58. The van der Waals surface area contributed by atoms with Crippen molar-refractivity contribution in [1.29, 1.82) is 0 Å². The van der Waals surface area contributed by atoms with Gasteiger partial charge in [-0.15, -0.1) is 0 Å². The van der Waals surface area contributed by atoms with E-state index >= 15 is 0 Å². The average Bonchev–Trinajstić information content (AvgIpc) is 3.01. The van der Waals surface area contributed by atoms with Crippen LogP contribution in [0.15, 0.2) is 47.1 Å². The van der Waals surface area contributed by atoms with Gasteiger partial charge in [0.15, 0.2) is 17.2 Å². The van der Waals surface area contributed by atoms with E-state index in [4.69, 9.17) is 18.9 Å². The fourth-order valence-corrected chi connectivity index (χ4v) is 3.09. The summed E-state index contributed by atoms with van der Waals surface area (Å²) in [5.74, 6) is 1.35. The highest BCUT2D eigenvalue weighted by Gasteiger charge is 2.26. The normalized spacial score (nSPS) is 14.8. The average molecular weight is 465 g/mol. The van der Waals surface area contributed by atoms with Crippen molar-refractivity contribution in [3.63, 3.8) is 0 Å². The van der Waals surface area contributed by atoms with Crippen LogP contribution in [0.1, 0.15) is 11.1 Å². The maximum atomic E-state index is 12.2. The first kappa shape index (κ1) is 18.2. The lowest BCUT2D eigenvalue weighted by molar-refractivity contribution is -0.129. The number of halogens is 1. The highest BCUT2D eigenvalue weighted by molar-refractivity contribution is 14.1. The zero-order valence-electron chi connectivity index (χ0n) is 14.4. The van der Waals surface area contributed by atoms with Crippen molar-refractivity contribution in [3.8, 4) is 17.2 Å². The van der Waals surface area contributed by atoms with Gasteiger partial charge in [-0.3, -0.25) is 0 Å². The van der Waals surface area contributed by atoms with Crippen LogP contribution < -0.4 is 14.2 Å². The van der Waals surface area contributed by atoms with Crippen molar-refractivity contribution < 1.29 is 23.7 Å². The Morgan fingerprint density at radius 3 is 2.31 bits per heavy atom. The van der Waals surface area contributed by atoms with Gasteiger partial charge in [-0.25, -0.2) is 9.79 Å². The third-order valence-electron chi connectivity index (χ3n) is 3.75. The van der Waals surface area contributed by atoms with Crippen molar-refractivity contribution >= 4 is 40.5 Å². The van der Waals surface area contributed by atoms with E-state index in [-0.39, 0.29) is 11.6 Å². The highest BCUT2D eigenvalue weighted by atomic mass is 127. The standard InChI is InChI=1S/C19H16INO5/c1-23-15-10-17(25-3)16(24-2)9-11(15)8-14-19(22)26-18(21-14)12-6-4-5-7-13(12)20/h4-10H,1-3H3/b14-8-. The second-order valence-electron chi connectivity index (χ2n) is 5.27. The summed E-state index contributed by atoms with van der Waals surface area (Å²) >= 11 is 2.17. The molecule has 1 aliphatic rings. The lowest BCUT2D eigenvalue weighted by Gasteiger charge is -2.12. The van der Waals surface area contributed by atoms with E-state index in [0.29, 0.717) is 22.8 Å². The lowest BCUT2D eigenvalue weighted by Crippen LogP contribution is -2.06. The first-order valence-corrected chi connectivity index (χ1v) is 8.72. The Morgan fingerprint density at radius 1 is 1.00 bits per heavy atom. The molecule has 1 heterocycles. The van der Waals surface area contributed by atoms with Crippen LogP contribution in [0.3, 0.4) is 0 Å². The molecule has 0 aliphatic carbocycles. The fraction of sp³-hybridized carbons (Fsp3) is 0.158. The molecule has 1 aliphatic heterocycles. The molecular weight excluding hydrogens is 449 g/mol. The predicted octanol–water partition coefficient (Wildman–Crippen LogP) is 3.66. The van der Waals surface area contributed by atoms with Crippen LogP contribution in [0.25, 0.3) is 6.08 Å². The molecule has 0 bridgehead atoms. The molecule has 0 atom stereocenters. The van der Waals surface area contributed by atoms with Gasteiger partial charge < -0.3 is 18.9 Å². The van der Waals surface area contributed by atoms with E-state index in [0.717, 1.165) is 9.13 Å². The van der Waals surface area contributed by atoms with Crippen LogP contribution >= 0.6 is 22.6 Å². The number of hydrogen-bond acceptors (Lipinski definition) is 6. The Kier molecular flexibility index (Phi) is 5.46. The number of benzene rings is 2. The number of hydrogen-bond donors (Lipinski definition) is 0. The number of nitrogens with zero attached hydrogens (tertiary/aromatic N) is 1. The third-order valence-corrected chi connectivity index (χ3v) is 4.69. The van der Waals surface area contributed by atoms with Gasteiger partial charge in [-0.2, -0.15) is 0 Å². The SMILES string of the molecule is COc1cc(OC)c(OC)cc1/C=C1\N=C(c2ccccc2I)OC1=O. The van der Waals surface area contributed by atoms with Gasteiger partial charge in [0.1, 0.15) is 5.75 Å². The van der Waals surface area contributed by atoms with Crippen molar-refractivity contribution in [1.82, 2.24) is 0 Å². The van der Waals surface area contributed by atoms with Gasteiger partial charge in [-0.1, -0.05) is 12.1 Å². The molecular formula is C19H16INO5. The molecule has 0 spiro atoms. The Labute approximate surface area is 164 Å². The molecule has 6 nitrogen and oxygen atoms in total. The second kappa shape index (κ2) is 7.77. The van der Waals surface area contributed by atoms with E-state index in [9.17, 15) is 4.79 Å². The number of methoxy groups -OCH3 is 3. The van der Waals surface area contributed by atoms with E-state index in [1.807, 2.05) is 24.3 Å². The molecule has 3 rings (SSSR count). The van der Waals surface area contributed by atoms with Gasteiger partial charge in [0.25, 0.3) is 0 Å². The van der Waals surface area contributed by atoms with Crippen LogP contribution in [0.2, 0.25) is 0 Å². The minimum Gasteiger partial charge on any atom is -0.496 e. The summed E-state index contributed by atoms with van der Waals surface area (Å²) in [6.45, 7) is 0. The molecule has 0 unspecified atom stereocenters. The summed E-state index contributed by atoms with van der Waals surface area (Å²) in [6, 6.07) is 11.0. The smallest absolute Gasteiger partial charge is 0.363 e. The molecule has 2 aromatic carbocycles. The summed E-state index contributed by atoms with van der Waals surface area (Å²) in [7, 11) is 4.62. The predicted molar refractivity (Wildman–Crippen MR) is 106 cm³/mol. The molecule has 2 aromatic rings. The van der Waals surface area contributed by atoms with E-state index in [1.165, 1.54) is 7.11 Å². The third kappa shape index (κ3) is 3.52. The Bertz CT molecular complexity index is 920. The van der Waals surface area contributed by atoms with Crippen molar-refractivity contribution in [3.05, 3.63) is 56.8 Å². The molecule has 0 fully saturated rings. The quantitative estimate of drug-likeness (QED) is 0.383. The topological polar surface area (TPSA) is 66.3 Å². The summed E-state index contributed by atoms with van der Waals surface area (Å²) in [4.78, 5) is 16.6. The number of esters is 1. The number of rotatable bonds is 5. The zero-order valence-corrected chi connectivity index (χ0v) is 16.6. The van der Waals surface area contributed by atoms with Crippen molar-refractivity contribution in [2.75, 3.05) is 21.3 Å². The monoisotopic (exact) mass is 465 g/mol. The van der Waals surface area contributed by atoms with Crippen molar-refractivity contribution in [2.45, 2.75) is 0 Å². The minimum atomic E-state index is -0.517. The molecule has 7 heteroatoms. The number of carbonyl (C=O) groups is 1. The number of aliphatic imine (C=N–C) groups is 1. The van der Waals surface area contributed by atoms with Gasteiger partial charge >= 0.3 is 5.97 Å². The van der Waals surface area contributed by atoms with Crippen LogP contribution in [0.5, 0.6) is 17.2 Å². The molecule has 0 radical (unpaired) electrons. The van der Waals surface area contributed by atoms with Crippen LogP contribution in [-0.2, 0) is 9.53 Å². The van der Waals surface area contributed by atoms with Crippen LogP contribution in [0, 0.1) is 3.57 Å². The van der Waals surface area contributed by atoms with Crippen LogP contribution in [0.4, 0.5) is 0 Å². The van der Waals surface area contributed by atoms with Gasteiger partial charge in [-0.05, 0) is 46.9 Å². The maximum absolute atomic E-state index is 12.2. The lowest BCUT2D eigenvalue weighted by atomic mass is 10.1. The van der Waals surface area contributed by atoms with Crippen LogP contribution in [-0.4, -0.2) is 33.2 Å². The van der Waals surface area contributed by atoms with Gasteiger partial charge in [0.2, 0.25) is 5.90 Å². The first-order chi connectivity index (χ1) is 12.6. The molecule has 26 heavy (non-hydrogen) atoms. The van der Waals surface area contributed by atoms with Gasteiger partial charge in [0, 0.05) is 15.2 Å². The van der Waals surface area contributed by atoms with E-state index < -0.39 is 5.97 Å². The summed E-state index contributed by atoms with van der Waals surface area (Å²) in [5, 5.41) is 0. The largest absolute Gasteiger partial charge is 0.496 e. The molecule has 0 N–H and O–H groups in total. The second-order valence-corrected chi connectivity index (χ2v) is 6.43. The van der Waals surface area contributed by atoms with E-state index in [1.54, 1.807) is 32.4 Å². The first-order valence-electron chi connectivity index (χ1n) is 7.65. The molecule has 0 saturated heterocycles. The highest BCUT2D eigenvalue weighted by Crippen LogP contribution is 2.36. The molecule has 0 amide bonds. The number of ether oxygens (including phenoxy) is 4. The molecule has 134 valence electrons. The zero-order chi connectivity index (χ0) is 18.7. The Balaban J connectivity index is 2.04. The summed E-state index contributed by atoms with van der Waals surface area (Å²) in [6.07, 6.45) is 1.60.